The molecular weight excluding hydrogens is 394 g/mol. The van der Waals surface area contributed by atoms with Gasteiger partial charge in [-0.3, -0.25) is 0 Å². The summed E-state index contributed by atoms with van der Waals surface area (Å²) in [7, 11) is 1.55. The lowest BCUT2D eigenvalue weighted by Gasteiger charge is -2.09. The summed E-state index contributed by atoms with van der Waals surface area (Å²) >= 11 is 0. The first kappa shape index (κ1) is 20.7. The fourth-order valence-electron chi connectivity index (χ4n) is 3.48. The highest BCUT2D eigenvalue weighted by Gasteiger charge is 2.21. The SMILES string of the molecule is CCc1oc(-c2cc(OC)c(-c3nc4c(CN)cccc4o3)cc2O)nc1C=C(C)C. The molecule has 0 atom stereocenters. The van der Waals surface area contributed by atoms with Gasteiger partial charge in [-0.05, 0) is 43.7 Å². The summed E-state index contributed by atoms with van der Waals surface area (Å²) < 4.78 is 17.4. The third-order valence-electron chi connectivity index (χ3n) is 4.98. The molecule has 0 aliphatic carbocycles. The predicted octanol–water partition coefficient (Wildman–Crippen LogP) is 5.31. The number of phenols is 1. The van der Waals surface area contributed by atoms with E-state index in [1.807, 2.05) is 45.0 Å². The molecule has 0 unspecified atom stereocenters. The van der Waals surface area contributed by atoms with Crippen LogP contribution in [0.2, 0.25) is 0 Å². The highest BCUT2D eigenvalue weighted by atomic mass is 16.5. The van der Waals surface area contributed by atoms with Crippen molar-refractivity contribution in [1.29, 1.82) is 0 Å². The van der Waals surface area contributed by atoms with Crippen LogP contribution >= 0.6 is 0 Å². The van der Waals surface area contributed by atoms with Crippen LogP contribution in [0.3, 0.4) is 0 Å². The van der Waals surface area contributed by atoms with Crippen molar-refractivity contribution in [3.8, 4) is 34.4 Å². The van der Waals surface area contributed by atoms with Gasteiger partial charge in [0.15, 0.2) is 5.58 Å². The molecule has 0 bridgehead atoms. The second-order valence-corrected chi connectivity index (χ2v) is 7.46. The molecule has 160 valence electrons. The summed E-state index contributed by atoms with van der Waals surface area (Å²) in [6, 6.07) is 8.84. The highest BCUT2D eigenvalue weighted by Crippen LogP contribution is 2.41. The predicted molar refractivity (Wildman–Crippen MR) is 120 cm³/mol. The maximum absolute atomic E-state index is 10.8. The number of allylic oxidation sites excluding steroid dienone is 1. The first-order chi connectivity index (χ1) is 14.9. The number of rotatable bonds is 6. The average Bonchev–Trinajstić information content (AvgIpc) is 3.36. The molecule has 3 N–H and O–H groups in total. The lowest BCUT2D eigenvalue weighted by Crippen LogP contribution is -1.96. The van der Waals surface area contributed by atoms with Crippen LogP contribution in [0.5, 0.6) is 11.5 Å². The molecule has 0 aliphatic heterocycles. The van der Waals surface area contributed by atoms with Crippen molar-refractivity contribution in [2.24, 2.45) is 5.73 Å². The van der Waals surface area contributed by atoms with Crippen LogP contribution in [0.15, 0.2) is 44.7 Å². The molecule has 0 spiro atoms. The van der Waals surface area contributed by atoms with E-state index in [4.69, 9.17) is 19.3 Å². The first-order valence-corrected chi connectivity index (χ1v) is 10.1. The monoisotopic (exact) mass is 419 g/mol. The highest BCUT2D eigenvalue weighted by molar-refractivity contribution is 5.82. The number of benzene rings is 2. The van der Waals surface area contributed by atoms with Gasteiger partial charge in [0.2, 0.25) is 11.8 Å². The van der Waals surface area contributed by atoms with E-state index in [0.29, 0.717) is 52.7 Å². The quantitative estimate of drug-likeness (QED) is 0.436. The standard InChI is InChI=1S/C24H25N3O4/c1-5-19-17(9-13(2)3)26-23(30-19)15-11-21(29-4)16(10-18(15)28)24-27-22-14(12-25)7-6-8-20(22)31-24/h6-11,28H,5,12,25H2,1-4H3. The van der Waals surface area contributed by atoms with Crippen molar-refractivity contribution in [3.63, 3.8) is 0 Å². The lowest BCUT2D eigenvalue weighted by atomic mass is 10.1. The Morgan fingerprint density at radius 2 is 1.90 bits per heavy atom. The topological polar surface area (TPSA) is 108 Å². The van der Waals surface area contributed by atoms with Gasteiger partial charge in [-0.2, -0.15) is 0 Å². The Labute approximate surface area is 180 Å². The van der Waals surface area contributed by atoms with Crippen molar-refractivity contribution >= 4 is 17.2 Å². The number of hydrogen-bond donors (Lipinski definition) is 2. The minimum absolute atomic E-state index is 0.00948. The Morgan fingerprint density at radius 1 is 1.13 bits per heavy atom. The third-order valence-corrected chi connectivity index (χ3v) is 4.98. The fraction of sp³-hybridized carbons (Fsp3) is 0.250. The van der Waals surface area contributed by atoms with Crippen LogP contribution in [-0.4, -0.2) is 22.2 Å². The van der Waals surface area contributed by atoms with Crippen molar-refractivity contribution in [3.05, 3.63) is 52.9 Å². The van der Waals surface area contributed by atoms with Crippen molar-refractivity contribution in [2.75, 3.05) is 7.11 Å². The van der Waals surface area contributed by atoms with Crippen molar-refractivity contribution in [1.82, 2.24) is 9.97 Å². The molecule has 0 amide bonds. The van der Waals surface area contributed by atoms with Crippen LogP contribution < -0.4 is 10.5 Å². The Morgan fingerprint density at radius 3 is 2.58 bits per heavy atom. The Kier molecular flexibility index (Phi) is 5.52. The van der Waals surface area contributed by atoms with E-state index in [0.717, 1.165) is 22.6 Å². The largest absolute Gasteiger partial charge is 0.507 e. The van der Waals surface area contributed by atoms with Gasteiger partial charge in [-0.1, -0.05) is 24.6 Å². The number of aromatic nitrogens is 2. The van der Waals surface area contributed by atoms with E-state index in [1.165, 1.54) is 0 Å². The number of aromatic hydroxyl groups is 1. The number of methoxy groups -OCH3 is 1. The minimum atomic E-state index is -0.00948. The summed E-state index contributed by atoms with van der Waals surface area (Å²) in [6.45, 7) is 6.35. The van der Waals surface area contributed by atoms with E-state index in [1.54, 1.807) is 19.2 Å². The molecule has 0 saturated carbocycles. The van der Waals surface area contributed by atoms with E-state index in [2.05, 4.69) is 9.97 Å². The summed E-state index contributed by atoms with van der Waals surface area (Å²) in [5.74, 6) is 1.89. The number of hydrogen-bond acceptors (Lipinski definition) is 7. The van der Waals surface area contributed by atoms with E-state index >= 15 is 0 Å². The fourth-order valence-corrected chi connectivity index (χ4v) is 3.48. The van der Waals surface area contributed by atoms with Crippen LogP contribution in [0.25, 0.3) is 40.1 Å². The summed E-state index contributed by atoms with van der Waals surface area (Å²) in [4.78, 5) is 9.16. The zero-order valence-electron chi connectivity index (χ0n) is 18.0. The second-order valence-electron chi connectivity index (χ2n) is 7.46. The molecule has 0 radical (unpaired) electrons. The van der Waals surface area contributed by atoms with E-state index in [9.17, 15) is 5.11 Å². The zero-order chi connectivity index (χ0) is 22.1. The van der Waals surface area contributed by atoms with Gasteiger partial charge in [0, 0.05) is 13.0 Å². The van der Waals surface area contributed by atoms with Gasteiger partial charge in [0.25, 0.3) is 0 Å². The summed E-state index contributed by atoms with van der Waals surface area (Å²) in [5, 5.41) is 10.8. The molecule has 2 aromatic heterocycles. The van der Waals surface area contributed by atoms with Gasteiger partial charge in [0.05, 0.1) is 18.2 Å². The zero-order valence-corrected chi connectivity index (χ0v) is 18.0. The Hall–Kier alpha value is -3.58. The number of oxazole rings is 2. The molecule has 0 saturated heterocycles. The summed E-state index contributed by atoms with van der Waals surface area (Å²) in [5.41, 5.74) is 10.8. The molecular formula is C24H25N3O4. The lowest BCUT2D eigenvalue weighted by molar-refractivity contribution is 0.412. The van der Waals surface area contributed by atoms with Gasteiger partial charge in [0.1, 0.15) is 28.5 Å². The number of para-hydroxylation sites is 1. The van der Waals surface area contributed by atoms with Crippen LogP contribution in [0, 0.1) is 0 Å². The minimum Gasteiger partial charge on any atom is -0.507 e. The number of fused-ring (bicyclic) bond motifs is 1. The Bertz CT molecular complexity index is 1280. The first-order valence-electron chi connectivity index (χ1n) is 10.1. The van der Waals surface area contributed by atoms with Gasteiger partial charge < -0.3 is 24.4 Å². The van der Waals surface area contributed by atoms with Gasteiger partial charge >= 0.3 is 0 Å². The maximum Gasteiger partial charge on any atom is 0.231 e. The summed E-state index contributed by atoms with van der Waals surface area (Å²) in [6.07, 6.45) is 2.65. The normalized spacial score (nSPS) is 11.1. The number of ether oxygens (including phenoxy) is 1. The number of phenolic OH excluding ortho intramolecular Hbond substituents is 1. The molecule has 7 heteroatoms. The van der Waals surface area contributed by atoms with E-state index < -0.39 is 0 Å². The van der Waals surface area contributed by atoms with Crippen molar-refractivity contribution < 1.29 is 18.7 Å². The molecule has 0 fully saturated rings. The van der Waals surface area contributed by atoms with Crippen LogP contribution in [0.4, 0.5) is 0 Å². The average molecular weight is 419 g/mol. The molecule has 0 aliphatic rings. The molecule has 7 nitrogen and oxygen atoms in total. The number of nitrogens with zero attached hydrogens (tertiary/aromatic N) is 2. The smallest absolute Gasteiger partial charge is 0.231 e. The maximum atomic E-state index is 10.8. The Balaban J connectivity index is 1.84. The molecule has 31 heavy (non-hydrogen) atoms. The second kappa shape index (κ2) is 8.28. The third kappa shape index (κ3) is 3.80. The van der Waals surface area contributed by atoms with Gasteiger partial charge in [-0.25, -0.2) is 9.97 Å². The van der Waals surface area contributed by atoms with Crippen molar-refractivity contribution in [2.45, 2.75) is 33.7 Å². The molecule has 2 aromatic carbocycles. The van der Waals surface area contributed by atoms with E-state index in [-0.39, 0.29) is 5.75 Å². The number of aryl methyl sites for hydroxylation is 1. The van der Waals surface area contributed by atoms with Crippen LogP contribution in [0.1, 0.15) is 37.8 Å². The molecule has 4 rings (SSSR count). The van der Waals surface area contributed by atoms with Gasteiger partial charge in [-0.15, -0.1) is 0 Å². The molecule has 2 heterocycles. The number of nitrogens with two attached hydrogens (primary N) is 1. The molecule has 4 aromatic rings. The van der Waals surface area contributed by atoms with Crippen LogP contribution in [-0.2, 0) is 13.0 Å².